The third-order valence-corrected chi connectivity index (χ3v) is 6.24. The zero-order chi connectivity index (χ0) is 24.5. The van der Waals surface area contributed by atoms with Crippen LogP contribution in [0.25, 0.3) is 11.4 Å². The molecule has 2 aromatic heterocycles. The number of hydrogen-bond acceptors (Lipinski definition) is 7. The summed E-state index contributed by atoms with van der Waals surface area (Å²) in [6, 6.07) is 3.25. The molecule has 0 bridgehead atoms. The maximum atomic E-state index is 13.0. The van der Waals surface area contributed by atoms with E-state index in [2.05, 4.69) is 20.8 Å². The van der Waals surface area contributed by atoms with Crippen molar-refractivity contribution < 1.29 is 23.7 Å². The molecule has 0 spiro atoms. The summed E-state index contributed by atoms with van der Waals surface area (Å²) in [4.78, 5) is 30.4. The summed E-state index contributed by atoms with van der Waals surface area (Å²) < 4.78 is 24.6. The van der Waals surface area contributed by atoms with E-state index in [0.717, 1.165) is 30.7 Å². The maximum absolute atomic E-state index is 13.0. The van der Waals surface area contributed by atoms with E-state index in [0.29, 0.717) is 42.9 Å². The van der Waals surface area contributed by atoms with E-state index in [1.165, 1.54) is 6.07 Å². The first kappa shape index (κ1) is 24.3. The first-order chi connectivity index (χ1) is 16.2. The molecule has 1 saturated carbocycles. The normalized spacial score (nSPS) is 17.3. The van der Waals surface area contributed by atoms with Gasteiger partial charge >= 0.3 is 5.97 Å². The third-order valence-electron chi connectivity index (χ3n) is 6.24. The Labute approximate surface area is 200 Å². The molecule has 1 fully saturated rings. The third kappa shape index (κ3) is 4.97. The minimum atomic E-state index is -0.618. The zero-order valence-electron chi connectivity index (χ0n) is 20.7. The standard InChI is InChI=1S/C26H34N2O6/c1-6-32-25(30)17-14-28-18(12-19(17)29)24-21(34-15-22(28)26(2,3)4)13-20(33-11-7-10-31-5)23(27-24)16-8-9-16/h12-14,16,22H,6-11,15H2,1-5H3/t22-/m0/s1. The van der Waals surface area contributed by atoms with Crippen LogP contribution in [-0.2, 0) is 9.47 Å². The number of aromatic nitrogens is 2. The Morgan fingerprint density at radius 1 is 1.24 bits per heavy atom. The predicted molar refractivity (Wildman–Crippen MR) is 128 cm³/mol. The Morgan fingerprint density at radius 3 is 2.65 bits per heavy atom. The van der Waals surface area contributed by atoms with Crippen molar-refractivity contribution in [2.45, 2.75) is 58.9 Å². The van der Waals surface area contributed by atoms with Gasteiger partial charge in [-0.3, -0.25) is 4.79 Å². The number of carbonyl (C=O) groups excluding carboxylic acids is 1. The number of fused-ring (bicyclic) bond motifs is 3. The van der Waals surface area contributed by atoms with Crippen molar-refractivity contribution in [3.05, 3.63) is 39.8 Å². The Morgan fingerprint density at radius 2 is 2.00 bits per heavy atom. The summed E-state index contributed by atoms with van der Waals surface area (Å²) in [6.07, 6.45) is 4.50. The average molecular weight is 471 g/mol. The molecule has 0 N–H and O–H groups in total. The van der Waals surface area contributed by atoms with Gasteiger partial charge in [0.25, 0.3) is 0 Å². The highest BCUT2D eigenvalue weighted by molar-refractivity contribution is 5.89. The van der Waals surface area contributed by atoms with E-state index in [-0.39, 0.29) is 29.1 Å². The summed E-state index contributed by atoms with van der Waals surface area (Å²) in [5, 5.41) is 0. The molecule has 0 saturated heterocycles. The van der Waals surface area contributed by atoms with E-state index in [1.807, 2.05) is 10.6 Å². The highest BCUT2D eigenvalue weighted by Crippen LogP contribution is 2.48. The van der Waals surface area contributed by atoms with Crippen LogP contribution in [0.1, 0.15) is 75.0 Å². The van der Waals surface area contributed by atoms with Crippen molar-refractivity contribution in [3.63, 3.8) is 0 Å². The van der Waals surface area contributed by atoms with Gasteiger partial charge < -0.3 is 23.5 Å². The maximum Gasteiger partial charge on any atom is 0.343 e. The van der Waals surface area contributed by atoms with E-state index < -0.39 is 5.97 Å². The SMILES string of the molecule is CCOC(=O)c1cn2c(cc1=O)-c1nc(C3CC3)c(OCCCOC)cc1OC[C@H]2C(C)(C)C. The number of pyridine rings is 2. The molecule has 3 heterocycles. The van der Waals surface area contributed by atoms with Crippen LogP contribution in [0.5, 0.6) is 11.5 Å². The molecule has 0 unspecified atom stereocenters. The lowest BCUT2D eigenvalue weighted by atomic mass is 9.86. The number of hydrogen-bond donors (Lipinski definition) is 0. The first-order valence-corrected chi connectivity index (χ1v) is 12.0. The monoisotopic (exact) mass is 470 g/mol. The van der Waals surface area contributed by atoms with Gasteiger partial charge in [0.1, 0.15) is 23.6 Å². The molecule has 184 valence electrons. The quantitative estimate of drug-likeness (QED) is 0.418. The number of esters is 1. The molecule has 2 aromatic rings. The number of rotatable bonds is 8. The van der Waals surface area contributed by atoms with Gasteiger partial charge in [-0.1, -0.05) is 20.8 Å². The molecule has 2 aliphatic rings. The fourth-order valence-electron chi connectivity index (χ4n) is 4.21. The molecule has 1 aliphatic heterocycles. The summed E-state index contributed by atoms with van der Waals surface area (Å²) >= 11 is 0. The van der Waals surface area contributed by atoms with E-state index in [1.54, 1.807) is 20.2 Å². The second kappa shape index (κ2) is 9.78. The van der Waals surface area contributed by atoms with Crippen LogP contribution in [0, 0.1) is 5.41 Å². The number of methoxy groups -OCH3 is 1. The Kier molecular flexibility index (Phi) is 6.98. The van der Waals surface area contributed by atoms with Crippen LogP contribution in [0.2, 0.25) is 0 Å². The smallest absolute Gasteiger partial charge is 0.343 e. The molecule has 8 heteroatoms. The minimum absolute atomic E-state index is 0.0174. The van der Waals surface area contributed by atoms with Crippen LogP contribution in [-0.4, -0.2) is 49.1 Å². The lowest BCUT2D eigenvalue weighted by Gasteiger charge is -2.32. The molecule has 1 aliphatic carbocycles. The molecule has 0 aromatic carbocycles. The second-order valence-electron chi connectivity index (χ2n) is 9.94. The number of ether oxygens (including phenoxy) is 4. The van der Waals surface area contributed by atoms with Gasteiger partial charge in [0, 0.05) is 44.4 Å². The summed E-state index contributed by atoms with van der Waals surface area (Å²) in [7, 11) is 1.67. The molecule has 1 atom stereocenters. The lowest BCUT2D eigenvalue weighted by Crippen LogP contribution is -2.31. The van der Waals surface area contributed by atoms with Crippen molar-refractivity contribution in [1.82, 2.24) is 9.55 Å². The van der Waals surface area contributed by atoms with Crippen LogP contribution < -0.4 is 14.9 Å². The largest absolute Gasteiger partial charge is 0.491 e. The number of nitrogens with zero attached hydrogens (tertiary/aromatic N) is 2. The predicted octanol–water partition coefficient (Wildman–Crippen LogP) is 4.36. The zero-order valence-corrected chi connectivity index (χ0v) is 20.7. The van der Waals surface area contributed by atoms with Crippen molar-refractivity contribution in [2.24, 2.45) is 5.41 Å². The van der Waals surface area contributed by atoms with Gasteiger partial charge in [-0.05, 0) is 25.2 Å². The highest BCUT2D eigenvalue weighted by atomic mass is 16.5. The topological polar surface area (TPSA) is 88.9 Å². The van der Waals surface area contributed by atoms with E-state index in [4.69, 9.17) is 23.9 Å². The summed E-state index contributed by atoms with van der Waals surface area (Å²) in [5.41, 5.74) is 1.55. The van der Waals surface area contributed by atoms with Crippen molar-refractivity contribution in [3.8, 4) is 22.9 Å². The van der Waals surface area contributed by atoms with Gasteiger partial charge in [0.05, 0.1) is 30.6 Å². The number of carbonyl (C=O) groups is 1. The Bertz CT molecular complexity index is 1110. The van der Waals surface area contributed by atoms with Crippen LogP contribution in [0.15, 0.2) is 23.1 Å². The Hall–Kier alpha value is -2.87. The average Bonchev–Trinajstić information content (AvgIpc) is 3.62. The van der Waals surface area contributed by atoms with Crippen molar-refractivity contribution >= 4 is 5.97 Å². The molecular formula is C26H34N2O6. The second-order valence-corrected chi connectivity index (χ2v) is 9.94. The highest BCUT2D eigenvalue weighted by Gasteiger charge is 2.36. The fraction of sp³-hybridized carbons (Fsp3) is 0.577. The Balaban J connectivity index is 1.84. The molecule has 8 nitrogen and oxygen atoms in total. The first-order valence-electron chi connectivity index (χ1n) is 12.0. The van der Waals surface area contributed by atoms with E-state index in [9.17, 15) is 9.59 Å². The van der Waals surface area contributed by atoms with Crippen LogP contribution in [0.3, 0.4) is 0 Å². The minimum Gasteiger partial charge on any atom is -0.491 e. The van der Waals surface area contributed by atoms with Gasteiger partial charge in [-0.15, -0.1) is 0 Å². The molecule has 0 amide bonds. The van der Waals surface area contributed by atoms with Crippen molar-refractivity contribution in [2.75, 3.05) is 33.5 Å². The summed E-state index contributed by atoms with van der Waals surface area (Å²) in [6.45, 7) is 9.76. The van der Waals surface area contributed by atoms with Gasteiger partial charge in [0.2, 0.25) is 0 Å². The molecule has 4 rings (SSSR count). The van der Waals surface area contributed by atoms with Gasteiger partial charge in [-0.2, -0.15) is 0 Å². The summed E-state index contributed by atoms with van der Waals surface area (Å²) in [5.74, 6) is 1.02. The van der Waals surface area contributed by atoms with Gasteiger partial charge in [-0.25, -0.2) is 9.78 Å². The molecular weight excluding hydrogens is 436 g/mol. The van der Waals surface area contributed by atoms with Crippen molar-refractivity contribution in [1.29, 1.82) is 0 Å². The van der Waals surface area contributed by atoms with E-state index >= 15 is 0 Å². The lowest BCUT2D eigenvalue weighted by molar-refractivity contribution is 0.0522. The van der Waals surface area contributed by atoms with Crippen LogP contribution >= 0.6 is 0 Å². The molecule has 34 heavy (non-hydrogen) atoms. The van der Waals surface area contributed by atoms with Crippen LogP contribution in [0.4, 0.5) is 0 Å². The van der Waals surface area contributed by atoms with Gasteiger partial charge in [0.15, 0.2) is 11.2 Å². The fourth-order valence-corrected chi connectivity index (χ4v) is 4.21. The molecule has 0 radical (unpaired) electrons.